The zero-order chi connectivity index (χ0) is 12.7. The van der Waals surface area contributed by atoms with Gasteiger partial charge in [0.2, 0.25) is 6.79 Å². The number of aromatic nitrogens is 2. The molecule has 0 saturated carbocycles. The van der Waals surface area contributed by atoms with Crippen LogP contribution in [0.4, 0.5) is 5.82 Å². The fourth-order valence-electron chi connectivity index (χ4n) is 1.98. The molecule has 94 valence electrons. The van der Waals surface area contributed by atoms with E-state index in [4.69, 9.17) is 15.2 Å². The highest BCUT2D eigenvalue weighted by Gasteiger charge is 2.18. The average molecular weight is 310 g/mol. The topological polar surface area (TPSA) is 62.3 Å². The van der Waals surface area contributed by atoms with Gasteiger partial charge in [-0.1, -0.05) is 0 Å². The van der Waals surface area contributed by atoms with Crippen molar-refractivity contribution in [2.45, 2.75) is 13.5 Å². The van der Waals surface area contributed by atoms with Crippen molar-refractivity contribution in [3.05, 3.63) is 33.9 Å². The number of ether oxygens (including phenoxy) is 2. The largest absolute Gasteiger partial charge is 0.454 e. The second-order valence-electron chi connectivity index (χ2n) is 4.18. The molecule has 0 fully saturated rings. The second-order valence-corrected chi connectivity index (χ2v) is 5.03. The molecule has 5 nitrogen and oxygen atoms in total. The van der Waals surface area contributed by atoms with E-state index in [-0.39, 0.29) is 6.79 Å². The van der Waals surface area contributed by atoms with Crippen LogP contribution in [0, 0.1) is 6.92 Å². The molecule has 0 unspecified atom stereocenters. The van der Waals surface area contributed by atoms with E-state index in [0.29, 0.717) is 12.4 Å². The first-order valence-corrected chi connectivity index (χ1v) is 6.31. The molecule has 2 heterocycles. The summed E-state index contributed by atoms with van der Waals surface area (Å²) in [7, 11) is 0. The van der Waals surface area contributed by atoms with E-state index < -0.39 is 0 Å². The molecule has 1 aliphatic heterocycles. The first kappa shape index (κ1) is 11.4. The molecule has 2 aromatic rings. The van der Waals surface area contributed by atoms with Crippen molar-refractivity contribution < 1.29 is 9.47 Å². The van der Waals surface area contributed by atoms with Crippen LogP contribution in [0.1, 0.15) is 11.3 Å². The van der Waals surface area contributed by atoms with Crippen LogP contribution < -0.4 is 15.2 Å². The summed E-state index contributed by atoms with van der Waals surface area (Å²) in [5.74, 6) is 2.16. The maximum atomic E-state index is 5.87. The number of fused-ring (bicyclic) bond motifs is 1. The first-order valence-electron chi connectivity index (χ1n) is 5.51. The number of rotatable bonds is 2. The molecule has 1 aromatic heterocycles. The molecular weight excluding hydrogens is 298 g/mol. The third kappa shape index (κ3) is 1.92. The molecule has 1 aromatic carbocycles. The van der Waals surface area contributed by atoms with Gasteiger partial charge in [-0.05, 0) is 40.5 Å². The van der Waals surface area contributed by atoms with E-state index in [1.54, 1.807) is 4.68 Å². The quantitative estimate of drug-likeness (QED) is 0.924. The number of benzene rings is 1. The summed E-state index contributed by atoms with van der Waals surface area (Å²) in [6, 6.07) is 5.79. The van der Waals surface area contributed by atoms with Crippen molar-refractivity contribution in [1.29, 1.82) is 0 Å². The van der Waals surface area contributed by atoms with Crippen molar-refractivity contribution in [1.82, 2.24) is 9.78 Å². The van der Waals surface area contributed by atoms with Crippen LogP contribution in [0.25, 0.3) is 0 Å². The minimum atomic E-state index is 0.264. The summed E-state index contributed by atoms with van der Waals surface area (Å²) in [6.07, 6.45) is 0. The third-order valence-electron chi connectivity index (χ3n) is 2.75. The monoisotopic (exact) mass is 309 g/mol. The van der Waals surface area contributed by atoms with Gasteiger partial charge in [-0.25, -0.2) is 4.68 Å². The molecule has 0 spiro atoms. The summed E-state index contributed by atoms with van der Waals surface area (Å²) in [6.45, 7) is 2.79. The summed E-state index contributed by atoms with van der Waals surface area (Å²) in [5, 5.41) is 4.33. The molecule has 18 heavy (non-hydrogen) atoms. The predicted molar refractivity (Wildman–Crippen MR) is 70.7 cm³/mol. The SMILES string of the molecule is Cc1cc(N)n(Cc2cc(Br)c3c(c2)OCO3)n1. The minimum Gasteiger partial charge on any atom is -0.454 e. The molecule has 0 aliphatic carbocycles. The summed E-state index contributed by atoms with van der Waals surface area (Å²) >= 11 is 3.47. The first-order chi connectivity index (χ1) is 8.63. The van der Waals surface area contributed by atoms with Crippen LogP contribution in [-0.4, -0.2) is 16.6 Å². The van der Waals surface area contributed by atoms with E-state index in [1.807, 2.05) is 25.1 Å². The van der Waals surface area contributed by atoms with E-state index >= 15 is 0 Å². The van der Waals surface area contributed by atoms with E-state index in [2.05, 4.69) is 21.0 Å². The Kier molecular flexibility index (Phi) is 2.66. The van der Waals surface area contributed by atoms with Crippen molar-refractivity contribution in [2.75, 3.05) is 12.5 Å². The lowest BCUT2D eigenvalue weighted by Crippen LogP contribution is -2.05. The fraction of sp³-hybridized carbons (Fsp3) is 0.250. The lowest BCUT2D eigenvalue weighted by atomic mass is 10.2. The standard InChI is InChI=1S/C12H12BrN3O2/c1-7-2-11(14)16(15-7)5-8-3-9(13)12-10(4-8)17-6-18-12/h2-4H,5-6,14H2,1H3. The number of hydrogen-bond donors (Lipinski definition) is 1. The number of nitrogens with two attached hydrogens (primary N) is 1. The van der Waals surface area contributed by atoms with Gasteiger partial charge in [-0.2, -0.15) is 5.10 Å². The van der Waals surface area contributed by atoms with E-state index in [1.165, 1.54) is 0 Å². The Hall–Kier alpha value is -1.69. The predicted octanol–water partition coefficient (Wildman–Crippen LogP) is 2.31. The molecule has 0 radical (unpaired) electrons. The Bertz CT molecular complexity index is 610. The molecule has 2 N–H and O–H groups in total. The Labute approximate surface area is 113 Å². The van der Waals surface area contributed by atoms with Crippen molar-refractivity contribution in [2.24, 2.45) is 0 Å². The maximum absolute atomic E-state index is 5.87. The van der Waals surface area contributed by atoms with Crippen LogP contribution in [0.2, 0.25) is 0 Å². The van der Waals surface area contributed by atoms with Gasteiger partial charge in [0, 0.05) is 6.07 Å². The molecule has 0 saturated heterocycles. The van der Waals surface area contributed by atoms with Gasteiger partial charge in [-0.15, -0.1) is 0 Å². The summed E-state index contributed by atoms with van der Waals surface area (Å²) in [4.78, 5) is 0. The molecule has 6 heteroatoms. The normalized spacial score (nSPS) is 13.0. The Morgan fingerprint density at radius 3 is 2.94 bits per heavy atom. The molecule has 0 amide bonds. The van der Waals surface area contributed by atoms with Crippen molar-refractivity contribution in [3.63, 3.8) is 0 Å². The highest BCUT2D eigenvalue weighted by Crippen LogP contribution is 2.40. The van der Waals surface area contributed by atoms with Crippen molar-refractivity contribution >= 4 is 21.7 Å². The van der Waals surface area contributed by atoms with Gasteiger partial charge in [0.1, 0.15) is 5.82 Å². The van der Waals surface area contributed by atoms with Crippen LogP contribution in [-0.2, 0) is 6.54 Å². The number of nitrogen functional groups attached to an aromatic ring is 1. The second kappa shape index (κ2) is 4.20. The Morgan fingerprint density at radius 1 is 1.39 bits per heavy atom. The summed E-state index contributed by atoms with van der Waals surface area (Å²) in [5.41, 5.74) is 7.84. The molecule has 0 bridgehead atoms. The fourth-order valence-corrected chi connectivity index (χ4v) is 2.58. The van der Waals surface area contributed by atoms with Gasteiger partial charge in [0.05, 0.1) is 16.7 Å². The number of aryl methyl sites for hydroxylation is 1. The number of hydrogen-bond acceptors (Lipinski definition) is 4. The molecule has 3 rings (SSSR count). The Balaban J connectivity index is 1.94. The van der Waals surface area contributed by atoms with Gasteiger partial charge in [0.15, 0.2) is 11.5 Å². The molecular formula is C12H12BrN3O2. The highest BCUT2D eigenvalue weighted by atomic mass is 79.9. The minimum absolute atomic E-state index is 0.264. The molecule has 1 aliphatic rings. The van der Waals surface area contributed by atoms with Crippen LogP contribution in [0.15, 0.2) is 22.7 Å². The van der Waals surface area contributed by atoms with Crippen LogP contribution in [0.3, 0.4) is 0 Å². The van der Waals surface area contributed by atoms with Gasteiger partial charge in [-0.3, -0.25) is 0 Å². The van der Waals surface area contributed by atoms with E-state index in [9.17, 15) is 0 Å². The summed E-state index contributed by atoms with van der Waals surface area (Å²) < 4.78 is 13.4. The van der Waals surface area contributed by atoms with Gasteiger partial charge >= 0.3 is 0 Å². The number of nitrogens with zero attached hydrogens (tertiary/aromatic N) is 2. The lowest BCUT2D eigenvalue weighted by molar-refractivity contribution is 0.173. The molecule has 0 atom stereocenters. The van der Waals surface area contributed by atoms with Crippen molar-refractivity contribution in [3.8, 4) is 11.5 Å². The average Bonchev–Trinajstić information content (AvgIpc) is 2.86. The third-order valence-corrected chi connectivity index (χ3v) is 3.34. The van der Waals surface area contributed by atoms with Gasteiger partial charge < -0.3 is 15.2 Å². The van der Waals surface area contributed by atoms with Gasteiger partial charge in [0.25, 0.3) is 0 Å². The number of halogens is 1. The lowest BCUT2D eigenvalue weighted by Gasteiger charge is -2.07. The smallest absolute Gasteiger partial charge is 0.231 e. The van der Waals surface area contributed by atoms with Crippen LogP contribution >= 0.6 is 15.9 Å². The Morgan fingerprint density at radius 2 is 2.22 bits per heavy atom. The van der Waals surface area contributed by atoms with E-state index in [0.717, 1.165) is 27.2 Å². The van der Waals surface area contributed by atoms with Crippen LogP contribution in [0.5, 0.6) is 11.5 Å². The zero-order valence-corrected chi connectivity index (χ0v) is 11.4. The highest BCUT2D eigenvalue weighted by molar-refractivity contribution is 9.10. The maximum Gasteiger partial charge on any atom is 0.231 e. The zero-order valence-electron chi connectivity index (χ0n) is 9.81. The number of anilines is 1.